The summed E-state index contributed by atoms with van der Waals surface area (Å²) in [4.78, 5) is 10.7. The first-order valence-electron chi connectivity index (χ1n) is 4.25. The van der Waals surface area contributed by atoms with Gasteiger partial charge in [-0.15, -0.1) is 0 Å². The summed E-state index contributed by atoms with van der Waals surface area (Å²) in [6, 6.07) is 0.0544. The second-order valence-electron chi connectivity index (χ2n) is 2.32. The molecule has 11 heavy (non-hydrogen) atoms. The molecule has 1 saturated heterocycles. The molecule has 3 heteroatoms. The van der Waals surface area contributed by atoms with Crippen LogP contribution in [0, 0.1) is 0 Å². The summed E-state index contributed by atoms with van der Waals surface area (Å²) >= 11 is 0. The zero-order valence-corrected chi connectivity index (χ0v) is 7.61. The summed E-state index contributed by atoms with van der Waals surface area (Å²) in [6.07, 6.45) is 0. The first-order valence-corrected chi connectivity index (χ1v) is 4.25. The smallest absolute Gasteiger partial charge is 0.147 e. The number of carbonyl (C=O) groups is 1. The predicted molar refractivity (Wildman–Crippen MR) is 46.7 cm³/mol. The number of Topliss-reactive ketones (excluding diaryl/α,β-unsaturated/α-hetero) is 1. The normalized spacial score (nSPS) is 23.4. The molecule has 0 aromatic carbocycles. The Labute approximate surface area is 68.6 Å². The summed E-state index contributed by atoms with van der Waals surface area (Å²) in [5.41, 5.74) is 0. The van der Waals surface area contributed by atoms with Crippen molar-refractivity contribution in [3.8, 4) is 0 Å². The molecule has 0 radical (unpaired) electrons. The van der Waals surface area contributed by atoms with E-state index in [0.29, 0.717) is 0 Å². The molecule has 0 aliphatic carbocycles. The molecule has 0 saturated carbocycles. The van der Waals surface area contributed by atoms with Gasteiger partial charge in [0.2, 0.25) is 0 Å². The molecule has 66 valence electrons. The molecule has 1 rings (SSSR count). The molecule has 1 unspecified atom stereocenters. The fourth-order valence-electron chi connectivity index (χ4n) is 0.941. The molecule has 2 N–H and O–H groups in total. The Hall–Kier alpha value is -0.410. The number of rotatable bonds is 1. The third-order valence-electron chi connectivity index (χ3n) is 1.53. The van der Waals surface area contributed by atoms with Crippen molar-refractivity contribution in [2.24, 2.45) is 0 Å². The molecule has 1 fully saturated rings. The number of nitrogens with one attached hydrogen (secondary N) is 2. The van der Waals surface area contributed by atoms with Crippen LogP contribution in [-0.2, 0) is 4.79 Å². The summed E-state index contributed by atoms with van der Waals surface area (Å²) < 4.78 is 0. The molecule has 1 aliphatic heterocycles. The Morgan fingerprint density at radius 2 is 2.00 bits per heavy atom. The van der Waals surface area contributed by atoms with Gasteiger partial charge in [0.15, 0.2) is 0 Å². The molecule has 1 atom stereocenters. The van der Waals surface area contributed by atoms with Crippen molar-refractivity contribution >= 4 is 5.78 Å². The van der Waals surface area contributed by atoms with Crippen LogP contribution in [0.3, 0.4) is 0 Å². The third-order valence-corrected chi connectivity index (χ3v) is 1.53. The predicted octanol–water partition coefficient (Wildman–Crippen LogP) is 0.163. The van der Waals surface area contributed by atoms with Crippen LogP contribution >= 0.6 is 0 Å². The monoisotopic (exact) mass is 158 g/mol. The van der Waals surface area contributed by atoms with Crippen LogP contribution in [0.4, 0.5) is 0 Å². The fraction of sp³-hybridized carbons (Fsp3) is 0.875. The van der Waals surface area contributed by atoms with E-state index in [2.05, 4.69) is 10.6 Å². The zero-order chi connectivity index (χ0) is 8.69. The minimum Gasteiger partial charge on any atom is -0.313 e. The lowest BCUT2D eigenvalue weighted by molar-refractivity contribution is -0.119. The van der Waals surface area contributed by atoms with E-state index in [1.807, 2.05) is 13.8 Å². The molecule has 3 nitrogen and oxygen atoms in total. The summed E-state index contributed by atoms with van der Waals surface area (Å²) in [7, 11) is 0. The van der Waals surface area contributed by atoms with Crippen LogP contribution < -0.4 is 10.6 Å². The number of hydrogen-bond donors (Lipinski definition) is 2. The van der Waals surface area contributed by atoms with Crippen LogP contribution in [0.25, 0.3) is 0 Å². The van der Waals surface area contributed by atoms with Gasteiger partial charge >= 0.3 is 0 Å². The number of piperazine rings is 1. The van der Waals surface area contributed by atoms with Gasteiger partial charge in [0.25, 0.3) is 0 Å². The zero-order valence-electron chi connectivity index (χ0n) is 7.61. The van der Waals surface area contributed by atoms with E-state index >= 15 is 0 Å². The summed E-state index contributed by atoms with van der Waals surface area (Å²) in [6.45, 7) is 8.29. The lowest BCUT2D eigenvalue weighted by atomic mass is 10.2. The van der Waals surface area contributed by atoms with Crippen molar-refractivity contribution in [2.45, 2.75) is 26.8 Å². The van der Waals surface area contributed by atoms with Crippen molar-refractivity contribution in [3.63, 3.8) is 0 Å². The maximum atomic E-state index is 10.7. The van der Waals surface area contributed by atoms with Crippen LogP contribution in [0.15, 0.2) is 0 Å². The average molecular weight is 158 g/mol. The highest BCUT2D eigenvalue weighted by atomic mass is 16.1. The maximum Gasteiger partial charge on any atom is 0.147 e. The Bertz CT molecular complexity index is 109. The van der Waals surface area contributed by atoms with E-state index in [1.165, 1.54) is 0 Å². The highest BCUT2D eigenvalue weighted by molar-refractivity contribution is 5.81. The second-order valence-corrected chi connectivity index (χ2v) is 2.32. The van der Waals surface area contributed by atoms with Crippen LogP contribution in [0.2, 0.25) is 0 Å². The molecular formula is C8H18N2O. The van der Waals surface area contributed by atoms with Gasteiger partial charge in [0.05, 0.1) is 6.04 Å². The molecule has 0 aromatic heterocycles. The Kier molecular flexibility index (Phi) is 6.07. The van der Waals surface area contributed by atoms with Crippen molar-refractivity contribution < 1.29 is 4.79 Å². The second kappa shape index (κ2) is 6.31. The van der Waals surface area contributed by atoms with Crippen molar-refractivity contribution in [1.29, 1.82) is 0 Å². The largest absolute Gasteiger partial charge is 0.313 e. The highest BCUT2D eigenvalue weighted by Crippen LogP contribution is 1.86. The van der Waals surface area contributed by atoms with Gasteiger partial charge in [-0.05, 0) is 6.92 Å². The first kappa shape index (κ1) is 10.6. The molecule has 1 aliphatic rings. The van der Waals surface area contributed by atoms with Gasteiger partial charge in [-0.1, -0.05) is 13.8 Å². The van der Waals surface area contributed by atoms with E-state index in [4.69, 9.17) is 0 Å². The Morgan fingerprint density at radius 1 is 1.36 bits per heavy atom. The van der Waals surface area contributed by atoms with E-state index < -0.39 is 0 Å². The Balaban J connectivity index is 0.000000461. The number of hydrogen-bond acceptors (Lipinski definition) is 3. The van der Waals surface area contributed by atoms with Gasteiger partial charge in [-0.3, -0.25) is 4.79 Å². The molecule has 1 heterocycles. The van der Waals surface area contributed by atoms with E-state index in [9.17, 15) is 4.79 Å². The fourth-order valence-corrected chi connectivity index (χ4v) is 0.941. The molecule has 0 spiro atoms. The SMILES string of the molecule is CC.CC(=O)C1CNCCN1. The lowest BCUT2D eigenvalue weighted by Crippen LogP contribution is -2.51. The third kappa shape index (κ3) is 4.11. The van der Waals surface area contributed by atoms with E-state index in [-0.39, 0.29) is 11.8 Å². The molecule has 0 bridgehead atoms. The summed E-state index contributed by atoms with van der Waals surface area (Å²) in [5, 5.41) is 6.24. The van der Waals surface area contributed by atoms with Crippen LogP contribution in [-0.4, -0.2) is 31.5 Å². The molecular weight excluding hydrogens is 140 g/mol. The quantitative estimate of drug-likeness (QED) is 0.571. The van der Waals surface area contributed by atoms with Gasteiger partial charge in [0.1, 0.15) is 5.78 Å². The average Bonchev–Trinajstić information content (AvgIpc) is 2.10. The van der Waals surface area contributed by atoms with Gasteiger partial charge < -0.3 is 10.6 Å². The molecule has 0 amide bonds. The van der Waals surface area contributed by atoms with Crippen molar-refractivity contribution in [1.82, 2.24) is 10.6 Å². The Morgan fingerprint density at radius 3 is 2.27 bits per heavy atom. The van der Waals surface area contributed by atoms with Gasteiger partial charge in [0, 0.05) is 19.6 Å². The van der Waals surface area contributed by atoms with E-state index in [0.717, 1.165) is 19.6 Å². The lowest BCUT2D eigenvalue weighted by Gasteiger charge is -2.21. The topological polar surface area (TPSA) is 41.1 Å². The van der Waals surface area contributed by atoms with Crippen molar-refractivity contribution in [3.05, 3.63) is 0 Å². The standard InChI is InChI=1S/C6H12N2O.C2H6/c1-5(9)6-4-7-2-3-8-6;1-2/h6-8H,2-4H2,1H3;1-2H3. The van der Waals surface area contributed by atoms with Crippen LogP contribution in [0.5, 0.6) is 0 Å². The molecule has 0 aromatic rings. The summed E-state index contributed by atoms with van der Waals surface area (Å²) in [5.74, 6) is 0.224. The van der Waals surface area contributed by atoms with Gasteiger partial charge in [-0.2, -0.15) is 0 Å². The number of ketones is 1. The van der Waals surface area contributed by atoms with Gasteiger partial charge in [-0.25, -0.2) is 0 Å². The highest BCUT2D eigenvalue weighted by Gasteiger charge is 2.14. The van der Waals surface area contributed by atoms with Crippen molar-refractivity contribution in [2.75, 3.05) is 19.6 Å². The minimum absolute atomic E-state index is 0.0544. The first-order chi connectivity index (χ1) is 5.30. The van der Waals surface area contributed by atoms with E-state index in [1.54, 1.807) is 6.92 Å². The maximum absolute atomic E-state index is 10.7. The van der Waals surface area contributed by atoms with Crippen LogP contribution in [0.1, 0.15) is 20.8 Å². The number of carbonyl (C=O) groups excluding carboxylic acids is 1. The minimum atomic E-state index is 0.0544.